The van der Waals surface area contributed by atoms with Crippen molar-refractivity contribution < 1.29 is 8.42 Å². The van der Waals surface area contributed by atoms with Gasteiger partial charge in [-0.25, -0.2) is 8.42 Å². The van der Waals surface area contributed by atoms with E-state index in [1.54, 1.807) is 12.1 Å². The number of sulfonamides is 1. The lowest BCUT2D eigenvalue weighted by Gasteiger charge is -2.14. The molecule has 1 fully saturated rings. The molecule has 0 aromatic heterocycles. The van der Waals surface area contributed by atoms with E-state index in [4.69, 9.17) is 23.2 Å². The zero-order valence-corrected chi connectivity index (χ0v) is 13.8. The van der Waals surface area contributed by atoms with Gasteiger partial charge >= 0.3 is 0 Å². The summed E-state index contributed by atoms with van der Waals surface area (Å²) in [6.07, 6.45) is 1.86. The van der Waals surface area contributed by atoms with Crippen molar-refractivity contribution in [1.82, 2.24) is 5.32 Å². The summed E-state index contributed by atoms with van der Waals surface area (Å²) in [7, 11) is -3.47. The maximum absolute atomic E-state index is 12.1. The molecule has 1 saturated heterocycles. The van der Waals surface area contributed by atoms with Gasteiger partial charge in [0.15, 0.2) is 0 Å². The summed E-state index contributed by atoms with van der Waals surface area (Å²) in [6.45, 7) is 0.861. The van der Waals surface area contributed by atoms with Crippen LogP contribution in [0.4, 0.5) is 5.69 Å². The van der Waals surface area contributed by atoms with Gasteiger partial charge in [0.2, 0.25) is 10.0 Å². The van der Waals surface area contributed by atoms with Crippen LogP contribution in [0.3, 0.4) is 0 Å². The lowest BCUT2D eigenvalue weighted by atomic mass is 10.3. The van der Waals surface area contributed by atoms with E-state index >= 15 is 0 Å². The van der Waals surface area contributed by atoms with E-state index in [9.17, 15) is 8.42 Å². The highest BCUT2D eigenvalue weighted by Gasteiger charge is 2.23. The van der Waals surface area contributed by atoms with Crippen LogP contribution >= 0.6 is 39.1 Å². The van der Waals surface area contributed by atoms with Crippen molar-refractivity contribution in [3.8, 4) is 0 Å². The number of rotatable bonds is 4. The molecule has 2 N–H and O–H groups in total. The molecule has 0 bridgehead atoms. The minimum absolute atomic E-state index is 0.00880. The van der Waals surface area contributed by atoms with E-state index in [2.05, 4.69) is 26.0 Å². The molecule has 0 radical (unpaired) electrons. The molecular formula is C11H13BrCl2N2O2S. The zero-order valence-electron chi connectivity index (χ0n) is 9.92. The molecule has 106 valence electrons. The van der Waals surface area contributed by atoms with Gasteiger partial charge in [0, 0.05) is 10.5 Å². The maximum atomic E-state index is 12.1. The monoisotopic (exact) mass is 386 g/mol. The van der Waals surface area contributed by atoms with Gasteiger partial charge in [0.05, 0.1) is 21.5 Å². The highest BCUT2D eigenvalue weighted by Crippen LogP contribution is 2.34. The molecule has 1 atom stereocenters. The fraction of sp³-hybridized carbons (Fsp3) is 0.455. The van der Waals surface area contributed by atoms with Crippen molar-refractivity contribution >= 4 is 54.8 Å². The van der Waals surface area contributed by atoms with Gasteiger partial charge in [0.1, 0.15) is 0 Å². The third kappa shape index (κ3) is 4.23. The molecule has 4 nitrogen and oxygen atoms in total. The number of nitrogens with one attached hydrogen (secondary N) is 2. The Morgan fingerprint density at radius 1 is 1.37 bits per heavy atom. The van der Waals surface area contributed by atoms with Crippen LogP contribution in [0, 0.1) is 0 Å². The average Bonchev–Trinajstić information content (AvgIpc) is 2.75. The highest BCUT2D eigenvalue weighted by molar-refractivity contribution is 9.10. The highest BCUT2D eigenvalue weighted by atomic mass is 79.9. The molecule has 8 heteroatoms. The molecule has 2 rings (SSSR count). The molecule has 1 aromatic rings. The van der Waals surface area contributed by atoms with Gasteiger partial charge in [0.25, 0.3) is 0 Å². The van der Waals surface area contributed by atoms with Gasteiger partial charge in [-0.2, -0.15) is 0 Å². The first-order valence-electron chi connectivity index (χ1n) is 5.76. The third-order valence-electron chi connectivity index (χ3n) is 2.85. The Morgan fingerprint density at radius 3 is 2.53 bits per heavy atom. The third-order valence-corrected chi connectivity index (χ3v) is 5.26. The Labute approximate surface area is 131 Å². The largest absolute Gasteiger partial charge is 0.313 e. The quantitative estimate of drug-likeness (QED) is 0.833. The van der Waals surface area contributed by atoms with E-state index in [1.165, 1.54) is 0 Å². The van der Waals surface area contributed by atoms with Gasteiger partial charge < -0.3 is 5.32 Å². The molecule has 0 amide bonds. The maximum Gasteiger partial charge on any atom is 0.234 e. The van der Waals surface area contributed by atoms with Crippen molar-refractivity contribution in [3.05, 3.63) is 26.7 Å². The molecule has 1 unspecified atom stereocenters. The van der Waals surface area contributed by atoms with Crippen molar-refractivity contribution in [2.75, 3.05) is 17.0 Å². The predicted octanol–water partition coefficient (Wildman–Crippen LogP) is 3.25. The summed E-state index contributed by atoms with van der Waals surface area (Å²) in [6, 6.07) is 3.18. The average molecular weight is 388 g/mol. The molecule has 1 aliphatic rings. The summed E-state index contributed by atoms with van der Waals surface area (Å²) in [5.41, 5.74) is 0.226. The topological polar surface area (TPSA) is 58.2 Å². The number of hydrogen-bond acceptors (Lipinski definition) is 3. The van der Waals surface area contributed by atoms with Crippen LogP contribution in [-0.4, -0.2) is 26.8 Å². The van der Waals surface area contributed by atoms with Crippen molar-refractivity contribution in [1.29, 1.82) is 0 Å². The molecule has 0 aliphatic carbocycles. The van der Waals surface area contributed by atoms with Gasteiger partial charge in [-0.15, -0.1) is 0 Å². The van der Waals surface area contributed by atoms with E-state index < -0.39 is 10.0 Å². The van der Waals surface area contributed by atoms with Crippen LogP contribution < -0.4 is 10.0 Å². The molecule has 0 saturated carbocycles. The second kappa shape index (κ2) is 6.18. The lowest BCUT2D eigenvalue weighted by Crippen LogP contribution is -2.32. The second-order valence-corrected chi connectivity index (χ2v) is 7.92. The van der Waals surface area contributed by atoms with E-state index in [0.29, 0.717) is 4.47 Å². The molecule has 1 aromatic carbocycles. The number of benzene rings is 1. The second-order valence-electron chi connectivity index (χ2n) is 4.42. The van der Waals surface area contributed by atoms with Crippen molar-refractivity contribution in [2.45, 2.75) is 18.9 Å². The first-order valence-corrected chi connectivity index (χ1v) is 8.96. The Morgan fingerprint density at radius 2 is 2.00 bits per heavy atom. The molecular weight excluding hydrogens is 375 g/mol. The smallest absolute Gasteiger partial charge is 0.234 e. The molecule has 0 spiro atoms. The fourth-order valence-corrected chi connectivity index (χ4v) is 4.84. The van der Waals surface area contributed by atoms with Gasteiger partial charge in [-0.1, -0.05) is 39.1 Å². The van der Waals surface area contributed by atoms with Crippen LogP contribution in [0.15, 0.2) is 16.6 Å². The van der Waals surface area contributed by atoms with Crippen LogP contribution in [0.25, 0.3) is 0 Å². The van der Waals surface area contributed by atoms with E-state index in [1.807, 2.05) is 0 Å². The van der Waals surface area contributed by atoms with Crippen LogP contribution in [-0.2, 0) is 10.0 Å². The van der Waals surface area contributed by atoms with Crippen molar-refractivity contribution in [3.63, 3.8) is 0 Å². The van der Waals surface area contributed by atoms with Gasteiger partial charge in [-0.05, 0) is 31.5 Å². The summed E-state index contributed by atoms with van der Waals surface area (Å²) in [4.78, 5) is 0. The Kier molecular flexibility index (Phi) is 5.00. The first-order chi connectivity index (χ1) is 8.87. The Hall–Kier alpha value is -0.0100. The van der Waals surface area contributed by atoms with Crippen LogP contribution in [0.5, 0.6) is 0 Å². The van der Waals surface area contributed by atoms with Gasteiger partial charge in [-0.3, -0.25) is 4.72 Å². The first kappa shape index (κ1) is 15.4. The Balaban J connectivity index is 2.15. The lowest BCUT2D eigenvalue weighted by molar-refractivity contribution is 0.582. The standard InChI is InChI=1S/C11H13BrCl2N2O2S/c12-7-4-9(13)11(10(14)5-7)16-19(17,18)6-8-2-1-3-15-8/h4-5,8,15-16H,1-3,6H2. The minimum atomic E-state index is -3.47. The predicted molar refractivity (Wildman–Crippen MR) is 82.6 cm³/mol. The molecule has 1 aliphatic heterocycles. The van der Waals surface area contributed by atoms with Crippen molar-refractivity contribution in [2.24, 2.45) is 0 Å². The summed E-state index contributed by atoms with van der Waals surface area (Å²) < 4.78 is 27.3. The van der Waals surface area contributed by atoms with E-state index in [0.717, 1.165) is 19.4 Å². The number of anilines is 1. The summed E-state index contributed by atoms with van der Waals surface area (Å²) in [5.74, 6) is 0.0235. The molecule has 1 heterocycles. The zero-order chi connectivity index (χ0) is 14.0. The van der Waals surface area contributed by atoms with Crippen LogP contribution in [0.1, 0.15) is 12.8 Å². The number of hydrogen-bond donors (Lipinski definition) is 2. The minimum Gasteiger partial charge on any atom is -0.313 e. The SMILES string of the molecule is O=S(=O)(CC1CCCN1)Nc1c(Cl)cc(Br)cc1Cl. The fourth-order valence-electron chi connectivity index (χ4n) is 2.00. The van der Waals surface area contributed by atoms with E-state index in [-0.39, 0.29) is 27.5 Å². The Bertz CT molecular complexity index is 551. The summed E-state index contributed by atoms with van der Waals surface area (Å²) >= 11 is 15.2. The normalized spacial score (nSPS) is 19.6. The number of halogens is 3. The summed E-state index contributed by atoms with van der Waals surface area (Å²) in [5, 5.41) is 3.68. The molecule has 19 heavy (non-hydrogen) atoms. The van der Waals surface area contributed by atoms with Crippen LogP contribution in [0.2, 0.25) is 10.0 Å².